The van der Waals surface area contributed by atoms with Crippen LogP contribution >= 0.6 is 0 Å². The van der Waals surface area contributed by atoms with Gasteiger partial charge in [-0.1, -0.05) is 0 Å². The number of carbonyl (C=O) groups is 1. The first-order valence-electron chi connectivity index (χ1n) is 5.85. The fourth-order valence-electron chi connectivity index (χ4n) is 2.26. The minimum absolute atomic E-state index is 0.109. The topological polar surface area (TPSA) is 99.7 Å². The lowest BCUT2D eigenvalue weighted by Crippen LogP contribution is -2.37. The monoisotopic (exact) mass is 251 g/mol. The number of carboxylic acids is 1. The SMILES string of the molecule is CN(CC1CC(O)C1)c1ncc(N)cc1C(=O)O. The maximum absolute atomic E-state index is 11.1. The highest BCUT2D eigenvalue weighted by molar-refractivity contribution is 5.94. The summed E-state index contributed by atoms with van der Waals surface area (Å²) in [6.45, 7) is 0.689. The number of aromatic carboxylic acids is 1. The number of anilines is 2. The largest absolute Gasteiger partial charge is 0.478 e. The molecule has 1 aromatic rings. The van der Waals surface area contributed by atoms with Gasteiger partial charge < -0.3 is 20.8 Å². The fourth-order valence-corrected chi connectivity index (χ4v) is 2.26. The summed E-state index contributed by atoms with van der Waals surface area (Å²) in [6, 6.07) is 1.41. The standard InChI is InChI=1S/C12H17N3O3/c1-15(6-7-2-9(16)3-7)11-10(12(17)18)4-8(13)5-14-11/h4-5,7,9,16H,2-3,6,13H2,1H3,(H,17,18). The molecule has 1 fully saturated rings. The van der Waals surface area contributed by atoms with Gasteiger partial charge in [0.05, 0.1) is 18.0 Å². The molecule has 0 atom stereocenters. The van der Waals surface area contributed by atoms with Crippen molar-refractivity contribution in [2.24, 2.45) is 5.92 Å². The van der Waals surface area contributed by atoms with E-state index in [0.29, 0.717) is 24.0 Å². The van der Waals surface area contributed by atoms with Crippen LogP contribution in [0.1, 0.15) is 23.2 Å². The Kier molecular flexibility index (Phi) is 3.38. The summed E-state index contributed by atoms with van der Waals surface area (Å²) < 4.78 is 0. The lowest BCUT2D eigenvalue weighted by Gasteiger charge is -2.35. The summed E-state index contributed by atoms with van der Waals surface area (Å²) >= 11 is 0. The predicted octanol–water partition coefficient (Wildman–Crippen LogP) is 0.569. The van der Waals surface area contributed by atoms with Crippen molar-refractivity contribution in [3.63, 3.8) is 0 Å². The fraction of sp³-hybridized carbons (Fsp3) is 0.500. The number of aliphatic hydroxyl groups excluding tert-OH is 1. The second-order valence-corrected chi connectivity index (χ2v) is 4.82. The molecule has 1 aliphatic carbocycles. The van der Waals surface area contributed by atoms with E-state index in [1.807, 2.05) is 0 Å². The molecule has 0 aliphatic heterocycles. The van der Waals surface area contributed by atoms with Crippen molar-refractivity contribution in [1.29, 1.82) is 0 Å². The molecule has 0 unspecified atom stereocenters. The molecule has 0 radical (unpaired) electrons. The Bertz CT molecular complexity index is 458. The summed E-state index contributed by atoms with van der Waals surface area (Å²) in [5.41, 5.74) is 5.99. The van der Waals surface area contributed by atoms with E-state index >= 15 is 0 Å². The zero-order valence-electron chi connectivity index (χ0n) is 10.2. The van der Waals surface area contributed by atoms with Gasteiger partial charge in [0.1, 0.15) is 11.4 Å². The van der Waals surface area contributed by atoms with Gasteiger partial charge >= 0.3 is 5.97 Å². The molecule has 0 amide bonds. The van der Waals surface area contributed by atoms with E-state index in [9.17, 15) is 9.90 Å². The molecule has 1 aliphatic rings. The van der Waals surface area contributed by atoms with Crippen molar-refractivity contribution in [1.82, 2.24) is 4.98 Å². The number of nitrogens with two attached hydrogens (primary N) is 1. The Morgan fingerprint density at radius 3 is 2.83 bits per heavy atom. The number of hydrogen-bond acceptors (Lipinski definition) is 5. The Hall–Kier alpha value is -1.82. The average molecular weight is 251 g/mol. The number of hydrogen-bond donors (Lipinski definition) is 3. The zero-order chi connectivity index (χ0) is 13.3. The van der Waals surface area contributed by atoms with Gasteiger partial charge in [-0.3, -0.25) is 0 Å². The van der Waals surface area contributed by atoms with Gasteiger partial charge in [0.15, 0.2) is 0 Å². The first-order valence-corrected chi connectivity index (χ1v) is 5.85. The van der Waals surface area contributed by atoms with E-state index in [0.717, 1.165) is 12.8 Å². The van der Waals surface area contributed by atoms with Crippen molar-refractivity contribution < 1.29 is 15.0 Å². The summed E-state index contributed by atoms with van der Waals surface area (Å²) in [5.74, 6) is -0.227. The number of nitrogen functional groups attached to an aromatic ring is 1. The first-order chi connectivity index (χ1) is 8.47. The second kappa shape index (κ2) is 4.81. The summed E-state index contributed by atoms with van der Waals surface area (Å²) in [6.07, 6.45) is 2.78. The van der Waals surface area contributed by atoms with Gasteiger partial charge in [-0.15, -0.1) is 0 Å². The van der Waals surface area contributed by atoms with Crippen LogP contribution < -0.4 is 10.6 Å². The molecule has 0 saturated heterocycles. The average Bonchev–Trinajstić information content (AvgIpc) is 2.26. The summed E-state index contributed by atoms with van der Waals surface area (Å²) in [5, 5.41) is 18.4. The smallest absolute Gasteiger partial charge is 0.339 e. The molecular formula is C12H17N3O3. The van der Waals surface area contributed by atoms with E-state index < -0.39 is 5.97 Å². The second-order valence-electron chi connectivity index (χ2n) is 4.82. The number of nitrogens with zero attached hydrogens (tertiary/aromatic N) is 2. The minimum Gasteiger partial charge on any atom is -0.478 e. The highest BCUT2D eigenvalue weighted by atomic mass is 16.4. The Morgan fingerprint density at radius 2 is 2.28 bits per heavy atom. The van der Waals surface area contributed by atoms with Gasteiger partial charge in [-0.2, -0.15) is 0 Å². The molecular weight excluding hydrogens is 234 g/mol. The molecule has 0 spiro atoms. The van der Waals surface area contributed by atoms with Gasteiger partial charge in [0.25, 0.3) is 0 Å². The molecule has 0 aromatic carbocycles. The maximum atomic E-state index is 11.1. The number of carboxylic acid groups (broad SMARTS) is 1. The van der Waals surface area contributed by atoms with Gasteiger partial charge in [-0.25, -0.2) is 9.78 Å². The number of pyridine rings is 1. The summed E-state index contributed by atoms with van der Waals surface area (Å²) in [4.78, 5) is 17.0. The molecule has 2 rings (SSSR count). The maximum Gasteiger partial charge on any atom is 0.339 e. The van der Waals surface area contributed by atoms with E-state index in [2.05, 4.69) is 4.98 Å². The van der Waals surface area contributed by atoms with Crippen LogP contribution in [0.3, 0.4) is 0 Å². The van der Waals surface area contributed by atoms with E-state index in [1.54, 1.807) is 11.9 Å². The van der Waals surface area contributed by atoms with Crippen molar-refractivity contribution in [2.45, 2.75) is 18.9 Å². The van der Waals surface area contributed by atoms with Crippen LogP contribution in [-0.4, -0.2) is 40.9 Å². The van der Waals surface area contributed by atoms with Gasteiger partial charge in [0, 0.05) is 13.6 Å². The van der Waals surface area contributed by atoms with E-state index in [-0.39, 0.29) is 11.7 Å². The van der Waals surface area contributed by atoms with E-state index in [1.165, 1.54) is 12.3 Å². The van der Waals surface area contributed by atoms with Crippen molar-refractivity contribution >= 4 is 17.5 Å². The molecule has 98 valence electrons. The van der Waals surface area contributed by atoms with Crippen LogP contribution in [0.15, 0.2) is 12.3 Å². The number of rotatable bonds is 4. The number of aliphatic hydroxyl groups is 1. The lowest BCUT2D eigenvalue weighted by molar-refractivity contribution is 0.0463. The molecule has 18 heavy (non-hydrogen) atoms. The molecule has 1 saturated carbocycles. The van der Waals surface area contributed by atoms with Gasteiger partial charge in [0.2, 0.25) is 0 Å². The molecule has 6 heteroatoms. The normalized spacial score (nSPS) is 22.3. The quantitative estimate of drug-likeness (QED) is 0.723. The molecule has 1 heterocycles. The van der Waals surface area contributed by atoms with Crippen LogP contribution in [0.5, 0.6) is 0 Å². The van der Waals surface area contributed by atoms with Gasteiger partial charge in [-0.05, 0) is 24.8 Å². The third-order valence-corrected chi connectivity index (χ3v) is 3.22. The number of aromatic nitrogens is 1. The molecule has 6 nitrogen and oxygen atoms in total. The zero-order valence-corrected chi connectivity index (χ0v) is 10.2. The van der Waals surface area contributed by atoms with Crippen LogP contribution in [0.4, 0.5) is 11.5 Å². The molecule has 4 N–H and O–H groups in total. The van der Waals surface area contributed by atoms with E-state index in [4.69, 9.17) is 10.8 Å². The highest BCUT2D eigenvalue weighted by Gasteiger charge is 2.29. The molecule has 0 bridgehead atoms. The summed E-state index contributed by atoms with van der Waals surface area (Å²) in [7, 11) is 1.80. The van der Waals surface area contributed by atoms with Crippen molar-refractivity contribution in [3.05, 3.63) is 17.8 Å². The predicted molar refractivity (Wildman–Crippen MR) is 67.6 cm³/mol. The van der Waals surface area contributed by atoms with Crippen molar-refractivity contribution in [3.8, 4) is 0 Å². The third-order valence-electron chi connectivity index (χ3n) is 3.22. The Balaban J connectivity index is 2.13. The van der Waals surface area contributed by atoms with Crippen LogP contribution in [0.2, 0.25) is 0 Å². The third kappa shape index (κ3) is 2.53. The lowest BCUT2D eigenvalue weighted by atomic mass is 9.82. The van der Waals surface area contributed by atoms with Crippen molar-refractivity contribution in [2.75, 3.05) is 24.2 Å². The Labute approximate surface area is 105 Å². The van der Waals surface area contributed by atoms with Crippen LogP contribution in [-0.2, 0) is 0 Å². The van der Waals surface area contributed by atoms with Crippen LogP contribution in [0, 0.1) is 5.92 Å². The highest BCUT2D eigenvalue weighted by Crippen LogP contribution is 2.29. The first kappa shape index (κ1) is 12.6. The minimum atomic E-state index is -1.04. The van der Waals surface area contributed by atoms with Crippen LogP contribution in [0.25, 0.3) is 0 Å². The Morgan fingerprint density at radius 1 is 1.61 bits per heavy atom. The molecule has 1 aromatic heterocycles.